The van der Waals surface area contributed by atoms with Crippen molar-refractivity contribution in [2.45, 2.75) is 210 Å². The van der Waals surface area contributed by atoms with Crippen LogP contribution in [-0.4, -0.2) is 125 Å². The van der Waals surface area contributed by atoms with Crippen molar-refractivity contribution in [3.63, 3.8) is 0 Å². The molecular formula is C47H82O18P2. The Morgan fingerprint density at radius 2 is 1.04 bits per heavy atom. The zero-order valence-electron chi connectivity index (χ0n) is 39.5. The van der Waals surface area contributed by atoms with Gasteiger partial charge in [-0.15, -0.1) is 0 Å². The highest BCUT2D eigenvalue weighted by molar-refractivity contribution is 7.47. The molecule has 10 atom stereocenters. The number of carbonyl (C=O) groups is 2. The van der Waals surface area contributed by atoms with Crippen LogP contribution in [0.2, 0.25) is 0 Å². The zero-order chi connectivity index (χ0) is 49.9. The van der Waals surface area contributed by atoms with Crippen molar-refractivity contribution in [3.8, 4) is 0 Å². The molecule has 0 radical (unpaired) electrons. The summed E-state index contributed by atoms with van der Waals surface area (Å²) in [6.07, 6.45) is 20.8. The van der Waals surface area contributed by atoms with Crippen LogP contribution >= 0.6 is 15.6 Å². The maximum Gasteiger partial charge on any atom is 0.472 e. The molecule has 0 aliphatic heterocycles. The number of ether oxygens (including phenoxy) is 2. The molecule has 0 aromatic heterocycles. The zero-order valence-corrected chi connectivity index (χ0v) is 41.3. The van der Waals surface area contributed by atoms with Crippen LogP contribution in [0.15, 0.2) is 60.8 Å². The summed E-state index contributed by atoms with van der Waals surface area (Å²) in [6.45, 7) is 2.82. The molecule has 0 amide bonds. The monoisotopic (exact) mass is 996 g/mol. The lowest BCUT2D eigenvalue weighted by molar-refractivity contribution is -0.216. The van der Waals surface area contributed by atoms with Gasteiger partial charge in [-0.25, -0.2) is 9.13 Å². The Morgan fingerprint density at radius 1 is 0.552 bits per heavy atom. The van der Waals surface area contributed by atoms with E-state index in [1.807, 2.05) is 6.08 Å². The molecule has 0 aromatic rings. The minimum Gasteiger partial charge on any atom is -0.462 e. The van der Waals surface area contributed by atoms with Crippen LogP contribution < -0.4 is 0 Å². The molecule has 1 fully saturated rings. The van der Waals surface area contributed by atoms with Crippen molar-refractivity contribution in [1.82, 2.24) is 0 Å². The van der Waals surface area contributed by atoms with E-state index in [1.165, 1.54) is 51.0 Å². The largest absolute Gasteiger partial charge is 0.472 e. The minimum atomic E-state index is -5.39. The number of unbranched alkanes of at least 4 members (excludes halogenated alkanes) is 14. The van der Waals surface area contributed by atoms with E-state index in [1.54, 1.807) is 30.4 Å². The van der Waals surface area contributed by atoms with E-state index < -0.39 is 95.7 Å². The van der Waals surface area contributed by atoms with Gasteiger partial charge >= 0.3 is 27.6 Å². The van der Waals surface area contributed by atoms with Crippen molar-refractivity contribution < 1.29 is 87.1 Å². The second kappa shape index (κ2) is 37.4. The normalized spacial score (nSPS) is 22.9. The van der Waals surface area contributed by atoms with Crippen molar-refractivity contribution in [1.29, 1.82) is 0 Å². The first-order chi connectivity index (χ1) is 31.9. The number of allylic oxidation sites excluding steroid dienone is 7. The standard InChI is InChI=1S/C47H82O18P2/c1-3-5-7-9-11-12-13-14-15-16-17-18-19-21-27-33-41(51)63-39(36-62-67(59,60)65-47-44(54)42(52)43(53)46(45(47)55)64-66(56,57)58)35-61-40(50)34-28-32-38(49)31-26-23-22-25-30-37(48)29-24-20-10-8-6-4-2/h14-15,20,22-26,30-31,37-39,42-49,52-55H,3-13,16-19,21,27-29,32-36H2,1-2H3,(H,59,60)(H2,56,57,58)/b15-14-,23-22+,24-20-,30-25+,31-26-/t37-,38-,39-,42?,43?,44?,45?,46-,47+/m1/s1. The van der Waals surface area contributed by atoms with Gasteiger partial charge in [0.2, 0.25) is 0 Å². The summed E-state index contributed by atoms with van der Waals surface area (Å²) in [5.41, 5.74) is 0. The lowest BCUT2D eigenvalue weighted by Crippen LogP contribution is -2.64. The summed E-state index contributed by atoms with van der Waals surface area (Å²) in [7, 11) is -10.8. The Kier molecular flexibility index (Phi) is 35.0. The summed E-state index contributed by atoms with van der Waals surface area (Å²) in [5, 5.41) is 61.6. The van der Waals surface area contributed by atoms with Crippen molar-refractivity contribution in [2.24, 2.45) is 0 Å². The predicted octanol–water partition coefficient (Wildman–Crippen LogP) is 7.00. The number of hydrogen-bond donors (Lipinski definition) is 9. The molecule has 67 heavy (non-hydrogen) atoms. The van der Waals surface area contributed by atoms with Crippen LogP contribution in [0.5, 0.6) is 0 Å². The SMILES string of the molecule is CCCCC/C=C\C[C@@H](O)/C=C/C=C/C=C\[C@@H](O)CCCC(=O)OC[C@H](COP(=O)(O)O[C@H]1C(O)C(O)C(O)[C@@H](OP(=O)(O)O)C1O)OC(=O)CCCCCCC/C=C\CCCCCCCC. The van der Waals surface area contributed by atoms with Crippen LogP contribution in [0.25, 0.3) is 0 Å². The smallest absolute Gasteiger partial charge is 0.462 e. The summed E-state index contributed by atoms with van der Waals surface area (Å²) < 4.78 is 49.2. The van der Waals surface area contributed by atoms with Crippen LogP contribution in [0, 0.1) is 0 Å². The number of carbonyl (C=O) groups excluding carboxylic acids is 2. The second-order valence-corrected chi connectivity index (χ2v) is 19.5. The Bertz CT molecular complexity index is 1560. The molecule has 0 heterocycles. The molecule has 1 saturated carbocycles. The third kappa shape index (κ3) is 32.2. The van der Waals surface area contributed by atoms with Gasteiger partial charge in [-0.3, -0.25) is 23.2 Å². The van der Waals surface area contributed by atoms with E-state index >= 15 is 0 Å². The van der Waals surface area contributed by atoms with Gasteiger partial charge in [0.15, 0.2) is 6.10 Å². The fourth-order valence-electron chi connectivity index (χ4n) is 6.92. The molecule has 388 valence electrons. The predicted molar refractivity (Wildman–Crippen MR) is 253 cm³/mol. The maximum absolute atomic E-state index is 13.0. The van der Waals surface area contributed by atoms with Crippen LogP contribution in [0.3, 0.4) is 0 Å². The van der Waals surface area contributed by atoms with E-state index in [2.05, 4.69) is 36.6 Å². The van der Waals surface area contributed by atoms with Gasteiger partial charge in [0.05, 0.1) is 18.8 Å². The van der Waals surface area contributed by atoms with Crippen LogP contribution in [0.1, 0.15) is 155 Å². The lowest BCUT2D eigenvalue weighted by Gasteiger charge is -2.43. The molecule has 0 spiro atoms. The van der Waals surface area contributed by atoms with E-state index in [9.17, 15) is 64.0 Å². The van der Waals surface area contributed by atoms with Crippen molar-refractivity contribution >= 4 is 27.6 Å². The highest BCUT2D eigenvalue weighted by Gasteiger charge is 2.54. The molecule has 20 heteroatoms. The van der Waals surface area contributed by atoms with Gasteiger partial charge in [-0.1, -0.05) is 139 Å². The fraction of sp³-hybridized carbons (Fsp3) is 0.745. The van der Waals surface area contributed by atoms with Gasteiger partial charge in [0, 0.05) is 12.8 Å². The summed E-state index contributed by atoms with van der Waals surface area (Å²) in [4.78, 5) is 54.3. The Balaban J connectivity index is 2.71. The Morgan fingerprint density at radius 3 is 1.64 bits per heavy atom. The summed E-state index contributed by atoms with van der Waals surface area (Å²) in [5.74, 6) is -1.46. The molecule has 18 nitrogen and oxygen atoms in total. The molecule has 9 N–H and O–H groups in total. The molecule has 0 aromatic carbocycles. The van der Waals surface area contributed by atoms with Gasteiger partial charge in [-0.2, -0.15) is 0 Å². The highest BCUT2D eigenvalue weighted by Crippen LogP contribution is 2.49. The first kappa shape index (κ1) is 62.6. The van der Waals surface area contributed by atoms with Crippen LogP contribution in [0.4, 0.5) is 0 Å². The first-order valence-corrected chi connectivity index (χ1v) is 27.1. The third-order valence-corrected chi connectivity index (χ3v) is 12.3. The van der Waals surface area contributed by atoms with Crippen LogP contribution in [-0.2, 0) is 41.8 Å². The van der Waals surface area contributed by atoms with E-state index in [-0.39, 0.29) is 25.7 Å². The van der Waals surface area contributed by atoms with Crippen molar-refractivity contribution in [3.05, 3.63) is 60.8 Å². The maximum atomic E-state index is 13.0. The summed E-state index contributed by atoms with van der Waals surface area (Å²) in [6, 6.07) is 0. The number of esters is 2. The Hall–Kier alpha value is -2.38. The third-order valence-electron chi connectivity index (χ3n) is 10.8. The lowest BCUT2D eigenvalue weighted by atomic mass is 9.85. The fourth-order valence-corrected chi connectivity index (χ4v) is 8.46. The quantitative estimate of drug-likeness (QED) is 0.00984. The molecule has 1 aliphatic rings. The molecule has 1 rings (SSSR count). The topological polar surface area (TPSA) is 296 Å². The average Bonchev–Trinajstić information content (AvgIpc) is 3.27. The number of hydrogen-bond acceptors (Lipinski definition) is 15. The molecular weight excluding hydrogens is 914 g/mol. The Labute approximate surface area is 397 Å². The van der Waals surface area contributed by atoms with Crippen molar-refractivity contribution in [2.75, 3.05) is 13.2 Å². The number of aliphatic hydroxyl groups excluding tert-OH is 6. The molecule has 1 aliphatic carbocycles. The second-order valence-electron chi connectivity index (χ2n) is 16.9. The number of phosphoric acid groups is 2. The van der Waals surface area contributed by atoms with E-state index in [4.69, 9.17) is 18.5 Å². The number of rotatable bonds is 39. The van der Waals surface area contributed by atoms with Gasteiger partial charge < -0.3 is 54.8 Å². The number of aliphatic hydroxyl groups is 6. The van der Waals surface area contributed by atoms with Gasteiger partial charge in [-0.05, 0) is 64.2 Å². The summed E-state index contributed by atoms with van der Waals surface area (Å²) >= 11 is 0. The average molecular weight is 997 g/mol. The minimum absolute atomic E-state index is 0.0206. The molecule has 0 saturated heterocycles. The molecule has 0 bridgehead atoms. The highest BCUT2D eigenvalue weighted by atomic mass is 31.2. The van der Waals surface area contributed by atoms with E-state index in [0.717, 1.165) is 57.8 Å². The first-order valence-electron chi connectivity index (χ1n) is 24.1. The van der Waals surface area contributed by atoms with Gasteiger partial charge in [0.1, 0.15) is 43.2 Å². The van der Waals surface area contributed by atoms with Gasteiger partial charge in [0.25, 0.3) is 0 Å². The molecule has 5 unspecified atom stereocenters. The number of phosphoric ester groups is 2. The van der Waals surface area contributed by atoms with E-state index in [0.29, 0.717) is 12.8 Å².